The minimum absolute atomic E-state index is 0.0325. The molecule has 0 radical (unpaired) electrons. The molecule has 0 aliphatic rings. The molecule has 13 heavy (non-hydrogen) atoms. The first-order valence-electron chi connectivity index (χ1n) is 4.29. The van der Waals surface area contributed by atoms with Crippen LogP contribution >= 0.6 is 12.6 Å². The summed E-state index contributed by atoms with van der Waals surface area (Å²) in [5.74, 6) is 0.621. The number of hydrogen-bond acceptors (Lipinski definition) is 3. The number of aldehydes is 1. The van der Waals surface area contributed by atoms with Crippen molar-refractivity contribution >= 4 is 24.9 Å². The van der Waals surface area contributed by atoms with Gasteiger partial charge in [-0.25, -0.2) is 4.79 Å². The van der Waals surface area contributed by atoms with Crippen molar-refractivity contribution in [2.75, 3.05) is 12.3 Å². The molecule has 2 amide bonds. The fraction of sp³-hybridized carbons (Fsp3) is 0.750. The van der Waals surface area contributed by atoms with Crippen LogP contribution < -0.4 is 10.6 Å². The summed E-state index contributed by atoms with van der Waals surface area (Å²) in [7, 11) is 0. The van der Waals surface area contributed by atoms with Crippen LogP contribution in [0, 0.1) is 0 Å². The summed E-state index contributed by atoms with van der Waals surface area (Å²) < 4.78 is 0. The molecule has 0 aromatic carbocycles. The summed E-state index contributed by atoms with van der Waals surface area (Å²) in [4.78, 5) is 21.1. The van der Waals surface area contributed by atoms with E-state index in [0.717, 1.165) is 6.29 Å². The molecule has 0 fully saturated rings. The van der Waals surface area contributed by atoms with Gasteiger partial charge in [0, 0.05) is 24.8 Å². The Bertz CT molecular complexity index is 164. The highest BCUT2D eigenvalue weighted by Crippen LogP contribution is 1.92. The lowest BCUT2D eigenvalue weighted by atomic mass is 10.2. The first kappa shape index (κ1) is 12.3. The van der Waals surface area contributed by atoms with Crippen molar-refractivity contribution in [2.24, 2.45) is 0 Å². The molecule has 0 bridgehead atoms. The Morgan fingerprint density at radius 3 is 2.85 bits per heavy atom. The van der Waals surface area contributed by atoms with Crippen LogP contribution in [0.5, 0.6) is 0 Å². The van der Waals surface area contributed by atoms with Crippen LogP contribution in [-0.2, 0) is 4.79 Å². The molecular formula is C8H16N2O2S. The van der Waals surface area contributed by atoms with Crippen LogP contribution in [0.1, 0.15) is 19.8 Å². The molecule has 0 aromatic heterocycles. The number of carbonyl (C=O) groups excluding carboxylic acids is 2. The van der Waals surface area contributed by atoms with E-state index in [1.807, 2.05) is 6.92 Å². The minimum atomic E-state index is -0.201. The fourth-order valence-electron chi connectivity index (χ4n) is 0.834. The molecule has 0 saturated heterocycles. The van der Waals surface area contributed by atoms with Crippen molar-refractivity contribution in [3.63, 3.8) is 0 Å². The highest BCUT2D eigenvalue weighted by Gasteiger charge is 2.04. The van der Waals surface area contributed by atoms with Gasteiger partial charge in [0.1, 0.15) is 6.29 Å². The Kier molecular flexibility index (Phi) is 7.48. The van der Waals surface area contributed by atoms with Gasteiger partial charge in [-0.2, -0.15) is 12.6 Å². The quantitative estimate of drug-likeness (QED) is 0.438. The van der Waals surface area contributed by atoms with Crippen molar-refractivity contribution in [1.29, 1.82) is 0 Å². The van der Waals surface area contributed by atoms with Gasteiger partial charge in [-0.15, -0.1) is 0 Å². The van der Waals surface area contributed by atoms with Crippen LogP contribution in [0.4, 0.5) is 4.79 Å². The largest absolute Gasteiger partial charge is 0.337 e. The van der Waals surface area contributed by atoms with Crippen molar-refractivity contribution in [3.05, 3.63) is 0 Å². The summed E-state index contributed by atoms with van der Waals surface area (Å²) in [6.07, 6.45) is 2.01. The van der Waals surface area contributed by atoms with Crippen LogP contribution in [-0.4, -0.2) is 30.7 Å². The third-order valence-electron chi connectivity index (χ3n) is 1.49. The number of hydrogen-bond donors (Lipinski definition) is 3. The zero-order valence-electron chi connectivity index (χ0n) is 7.75. The maximum absolute atomic E-state index is 11.0. The second-order valence-corrected chi connectivity index (χ2v) is 3.22. The predicted molar refractivity (Wildman–Crippen MR) is 55.1 cm³/mol. The smallest absolute Gasteiger partial charge is 0.315 e. The number of amides is 2. The minimum Gasteiger partial charge on any atom is -0.337 e. The summed E-state index contributed by atoms with van der Waals surface area (Å²) in [6, 6.07) is -0.169. The molecule has 5 heteroatoms. The molecule has 76 valence electrons. The lowest BCUT2D eigenvalue weighted by Gasteiger charge is -2.12. The van der Waals surface area contributed by atoms with E-state index in [4.69, 9.17) is 0 Å². The molecule has 0 heterocycles. The Hall–Kier alpha value is -0.710. The van der Waals surface area contributed by atoms with Crippen molar-refractivity contribution in [1.82, 2.24) is 10.6 Å². The Labute approximate surface area is 83.9 Å². The van der Waals surface area contributed by atoms with Gasteiger partial charge in [0.2, 0.25) is 0 Å². The van der Waals surface area contributed by atoms with Crippen LogP contribution in [0.15, 0.2) is 0 Å². The van der Waals surface area contributed by atoms with Crippen molar-refractivity contribution in [2.45, 2.75) is 25.8 Å². The average Bonchev–Trinajstić information content (AvgIpc) is 2.11. The molecule has 0 aliphatic heterocycles. The number of thiol groups is 1. The molecule has 0 aliphatic carbocycles. The number of rotatable bonds is 6. The van der Waals surface area contributed by atoms with Crippen LogP contribution in [0.25, 0.3) is 0 Å². The lowest BCUT2D eigenvalue weighted by molar-refractivity contribution is -0.108. The van der Waals surface area contributed by atoms with Crippen molar-refractivity contribution in [3.8, 4) is 0 Å². The number of nitrogens with one attached hydrogen (secondary N) is 2. The van der Waals surface area contributed by atoms with E-state index in [1.54, 1.807) is 0 Å². The van der Waals surface area contributed by atoms with E-state index < -0.39 is 0 Å². The topological polar surface area (TPSA) is 58.2 Å². The fourth-order valence-corrected chi connectivity index (χ4v) is 0.946. The highest BCUT2D eigenvalue weighted by atomic mass is 32.1. The molecule has 0 saturated carbocycles. The third-order valence-corrected chi connectivity index (χ3v) is 1.72. The average molecular weight is 204 g/mol. The molecule has 0 aromatic rings. The maximum atomic E-state index is 11.0. The van der Waals surface area contributed by atoms with Gasteiger partial charge < -0.3 is 15.4 Å². The normalized spacial score (nSPS) is 11.8. The van der Waals surface area contributed by atoms with Gasteiger partial charge in [-0.3, -0.25) is 0 Å². The van der Waals surface area contributed by atoms with Gasteiger partial charge in [-0.1, -0.05) is 0 Å². The van der Waals surface area contributed by atoms with Crippen LogP contribution in [0.3, 0.4) is 0 Å². The van der Waals surface area contributed by atoms with Crippen molar-refractivity contribution < 1.29 is 9.59 Å². The van der Waals surface area contributed by atoms with Crippen LogP contribution in [0.2, 0.25) is 0 Å². The summed E-state index contributed by atoms with van der Waals surface area (Å²) in [6.45, 7) is 2.42. The van der Waals surface area contributed by atoms with E-state index >= 15 is 0 Å². The maximum Gasteiger partial charge on any atom is 0.315 e. The highest BCUT2D eigenvalue weighted by molar-refractivity contribution is 7.80. The van der Waals surface area contributed by atoms with E-state index in [2.05, 4.69) is 23.3 Å². The second-order valence-electron chi connectivity index (χ2n) is 2.77. The Balaban J connectivity index is 3.46. The van der Waals surface area contributed by atoms with E-state index in [1.165, 1.54) is 0 Å². The monoisotopic (exact) mass is 204 g/mol. The number of urea groups is 1. The predicted octanol–water partition coefficient (Wildman–Crippen LogP) is 0.583. The Morgan fingerprint density at radius 2 is 2.31 bits per heavy atom. The first-order chi connectivity index (χ1) is 6.20. The zero-order chi connectivity index (χ0) is 10.1. The zero-order valence-corrected chi connectivity index (χ0v) is 8.64. The van der Waals surface area contributed by atoms with Gasteiger partial charge in [0.25, 0.3) is 0 Å². The molecule has 0 rings (SSSR count). The van der Waals surface area contributed by atoms with E-state index in [0.29, 0.717) is 25.1 Å². The summed E-state index contributed by atoms with van der Waals surface area (Å²) in [5, 5.41) is 5.33. The Morgan fingerprint density at radius 1 is 1.62 bits per heavy atom. The lowest BCUT2D eigenvalue weighted by Crippen LogP contribution is -2.41. The van der Waals surface area contributed by atoms with Gasteiger partial charge in [-0.05, 0) is 13.3 Å². The standard InChI is InChI=1S/C8H16N2O2S/c1-7(3-2-5-11)10-8(12)9-4-6-13/h5,7,13H,2-4,6H2,1H3,(H2,9,10,12)/t7-/m1/s1. The summed E-state index contributed by atoms with van der Waals surface area (Å²) in [5.41, 5.74) is 0. The molecule has 4 nitrogen and oxygen atoms in total. The molecule has 0 spiro atoms. The number of carbonyl (C=O) groups is 2. The molecule has 2 N–H and O–H groups in total. The molecule has 0 unspecified atom stereocenters. The van der Waals surface area contributed by atoms with E-state index in [-0.39, 0.29) is 12.1 Å². The van der Waals surface area contributed by atoms with Gasteiger partial charge in [0.05, 0.1) is 0 Å². The third kappa shape index (κ3) is 7.64. The van der Waals surface area contributed by atoms with E-state index in [9.17, 15) is 9.59 Å². The second kappa shape index (κ2) is 7.91. The first-order valence-corrected chi connectivity index (χ1v) is 4.92. The van der Waals surface area contributed by atoms with Gasteiger partial charge >= 0.3 is 6.03 Å². The summed E-state index contributed by atoms with van der Waals surface area (Å²) >= 11 is 3.95. The van der Waals surface area contributed by atoms with Gasteiger partial charge in [0.15, 0.2) is 0 Å². The SMILES string of the molecule is C[C@H](CCC=O)NC(=O)NCCS. The molecule has 1 atom stereocenters. The molecular weight excluding hydrogens is 188 g/mol.